The average molecular weight is 811 g/mol. The van der Waals surface area contributed by atoms with Crippen LogP contribution in [0.1, 0.15) is 226 Å². The Kier molecular flexibility index (Phi) is 41.5. The van der Waals surface area contributed by atoms with Crippen LogP contribution in [-0.4, -0.2) is 43.3 Å². The SMILES string of the molecule is CC/C=C\C/C=C\C/C=C\CCCCCC(=O)OC(COC(=O)CCCCCCCCCCCCCCCCCCCCCCCCCC)COP(=O)(O)OC. The highest BCUT2D eigenvalue weighted by atomic mass is 31.2. The Morgan fingerprint density at radius 1 is 0.518 bits per heavy atom. The molecule has 328 valence electrons. The van der Waals surface area contributed by atoms with Crippen LogP contribution in [0.15, 0.2) is 36.5 Å². The Morgan fingerprint density at radius 2 is 0.911 bits per heavy atom. The number of ether oxygens (including phenoxy) is 2. The molecule has 1 N–H and O–H groups in total. The van der Waals surface area contributed by atoms with Crippen molar-refractivity contribution in [3.63, 3.8) is 0 Å². The number of unbranched alkanes of at least 4 members (excludes halogenated alkanes) is 26. The number of carbonyl (C=O) groups excluding carboxylic acids is 2. The summed E-state index contributed by atoms with van der Waals surface area (Å²) in [5.74, 6) is -0.830. The topological polar surface area (TPSA) is 108 Å². The van der Waals surface area contributed by atoms with Crippen LogP contribution in [0.5, 0.6) is 0 Å². The van der Waals surface area contributed by atoms with Crippen molar-refractivity contribution in [1.29, 1.82) is 0 Å². The second kappa shape index (κ2) is 42.9. The van der Waals surface area contributed by atoms with Crippen molar-refractivity contribution in [2.75, 3.05) is 20.3 Å². The predicted octanol–water partition coefficient (Wildman–Crippen LogP) is 14.8. The van der Waals surface area contributed by atoms with Gasteiger partial charge in [0.2, 0.25) is 0 Å². The average Bonchev–Trinajstić information content (AvgIpc) is 3.19. The minimum Gasteiger partial charge on any atom is -0.462 e. The first-order valence-corrected chi connectivity index (χ1v) is 24.7. The van der Waals surface area contributed by atoms with Gasteiger partial charge in [0.1, 0.15) is 6.61 Å². The van der Waals surface area contributed by atoms with E-state index in [4.69, 9.17) is 14.0 Å². The highest BCUT2D eigenvalue weighted by Gasteiger charge is 2.24. The van der Waals surface area contributed by atoms with E-state index < -0.39 is 26.5 Å². The van der Waals surface area contributed by atoms with Gasteiger partial charge in [-0.2, -0.15) is 0 Å². The molecule has 0 aromatic rings. The number of esters is 2. The first-order valence-electron chi connectivity index (χ1n) is 23.2. The smallest absolute Gasteiger partial charge is 0.462 e. The van der Waals surface area contributed by atoms with E-state index in [1.54, 1.807) is 0 Å². The van der Waals surface area contributed by atoms with Crippen LogP contribution in [-0.2, 0) is 32.7 Å². The molecule has 0 aliphatic heterocycles. The van der Waals surface area contributed by atoms with Gasteiger partial charge < -0.3 is 14.4 Å². The van der Waals surface area contributed by atoms with Crippen molar-refractivity contribution in [3.8, 4) is 0 Å². The number of phosphoric ester groups is 1. The largest absolute Gasteiger partial charge is 0.472 e. The molecule has 0 spiro atoms. The zero-order valence-corrected chi connectivity index (χ0v) is 37.4. The number of phosphoric acid groups is 1. The number of rotatable bonds is 43. The monoisotopic (exact) mass is 811 g/mol. The van der Waals surface area contributed by atoms with Crippen molar-refractivity contribution in [1.82, 2.24) is 0 Å². The van der Waals surface area contributed by atoms with Gasteiger partial charge in [-0.1, -0.05) is 204 Å². The Morgan fingerprint density at radius 3 is 1.36 bits per heavy atom. The van der Waals surface area contributed by atoms with Crippen LogP contribution in [0.3, 0.4) is 0 Å². The molecule has 2 unspecified atom stereocenters. The van der Waals surface area contributed by atoms with Crippen molar-refractivity contribution in [3.05, 3.63) is 36.5 Å². The summed E-state index contributed by atoms with van der Waals surface area (Å²) < 4.78 is 32.0. The van der Waals surface area contributed by atoms with Gasteiger partial charge in [-0.25, -0.2) is 4.57 Å². The lowest BCUT2D eigenvalue weighted by molar-refractivity contribution is -0.161. The van der Waals surface area contributed by atoms with Crippen molar-refractivity contribution < 1.29 is 37.6 Å². The molecule has 0 bridgehead atoms. The quantitative estimate of drug-likeness (QED) is 0.0281. The van der Waals surface area contributed by atoms with E-state index in [1.807, 2.05) is 0 Å². The summed E-state index contributed by atoms with van der Waals surface area (Å²) in [5, 5.41) is 0. The third-order valence-corrected chi connectivity index (χ3v) is 11.1. The lowest BCUT2D eigenvalue weighted by atomic mass is 10.0. The fourth-order valence-corrected chi connectivity index (χ4v) is 7.08. The first kappa shape index (κ1) is 54.3. The molecule has 0 saturated carbocycles. The first-order chi connectivity index (χ1) is 27.3. The molecular weight excluding hydrogens is 723 g/mol. The summed E-state index contributed by atoms with van der Waals surface area (Å²) in [6.45, 7) is 3.77. The van der Waals surface area contributed by atoms with Crippen LogP contribution >= 0.6 is 7.82 Å². The molecular formula is C47H87O8P. The number of allylic oxidation sites excluding steroid dienone is 6. The zero-order valence-electron chi connectivity index (χ0n) is 36.5. The van der Waals surface area contributed by atoms with Crippen LogP contribution in [0.2, 0.25) is 0 Å². The van der Waals surface area contributed by atoms with E-state index in [9.17, 15) is 19.0 Å². The molecule has 56 heavy (non-hydrogen) atoms. The molecule has 0 fully saturated rings. The second-order valence-electron chi connectivity index (χ2n) is 15.5. The lowest BCUT2D eigenvalue weighted by Gasteiger charge is -2.19. The highest BCUT2D eigenvalue weighted by molar-refractivity contribution is 7.47. The minimum absolute atomic E-state index is 0.211. The van der Waals surface area contributed by atoms with E-state index in [-0.39, 0.29) is 19.0 Å². The molecule has 2 atom stereocenters. The maximum absolute atomic E-state index is 12.5. The Bertz CT molecular complexity index is 1010. The normalized spacial score (nSPS) is 13.6. The zero-order chi connectivity index (χ0) is 41.1. The van der Waals surface area contributed by atoms with Gasteiger partial charge >= 0.3 is 19.8 Å². The molecule has 0 saturated heterocycles. The highest BCUT2D eigenvalue weighted by Crippen LogP contribution is 2.42. The fraction of sp³-hybridized carbons (Fsp3) is 0.830. The van der Waals surface area contributed by atoms with Gasteiger partial charge in [0, 0.05) is 20.0 Å². The molecule has 0 rings (SSSR count). The van der Waals surface area contributed by atoms with Crippen LogP contribution < -0.4 is 0 Å². The predicted molar refractivity (Wildman–Crippen MR) is 235 cm³/mol. The third kappa shape index (κ3) is 41.9. The van der Waals surface area contributed by atoms with E-state index in [1.165, 1.54) is 135 Å². The molecule has 0 aliphatic rings. The molecule has 0 amide bonds. The molecule has 0 aromatic carbocycles. The molecule has 9 heteroatoms. The van der Waals surface area contributed by atoms with Crippen LogP contribution in [0.4, 0.5) is 0 Å². The van der Waals surface area contributed by atoms with Crippen LogP contribution in [0, 0.1) is 0 Å². The summed E-state index contributed by atoms with van der Waals surface area (Å²) in [7, 11) is -3.21. The summed E-state index contributed by atoms with van der Waals surface area (Å²) in [6, 6.07) is 0. The van der Waals surface area contributed by atoms with E-state index >= 15 is 0 Å². The number of hydrogen-bond acceptors (Lipinski definition) is 7. The molecule has 8 nitrogen and oxygen atoms in total. The van der Waals surface area contributed by atoms with Crippen molar-refractivity contribution in [2.24, 2.45) is 0 Å². The molecule has 0 radical (unpaired) electrons. The Labute approximate surface area is 345 Å². The van der Waals surface area contributed by atoms with Crippen LogP contribution in [0.25, 0.3) is 0 Å². The van der Waals surface area contributed by atoms with Gasteiger partial charge in [0.05, 0.1) is 6.61 Å². The summed E-state index contributed by atoms with van der Waals surface area (Å²) in [5.41, 5.74) is 0. The summed E-state index contributed by atoms with van der Waals surface area (Å²) >= 11 is 0. The standard InChI is InChI=1S/C47H87O8P/c1-4-6-8-10-12-14-16-18-19-20-21-22-23-24-25-26-27-28-30-31-33-35-37-39-41-46(48)53-43-45(44-54-56(50,51)52-3)55-47(49)42-40-38-36-34-32-29-17-15-13-11-9-7-5-2/h7,9,13,15,29,32,45H,4-6,8,10-12,14,16-28,30-31,33-44H2,1-3H3,(H,50,51)/b9-7-,15-13-,32-29-. The maximum Gasteiger partial charge on any atom is 0.472 e. The second-order valence-corrected chi connectivity index (χ2v) is 17.1. The van der Waals surface area contributed by atoms with E-state index in [0.29, 0.717) is 12.8 Å². The van der Waals surface area contributed by atoms with E-state index in [2.05, 4.69) is 54.8 Å². The van der Waals surface area contributed by atoms with Gasteiger partial charge in [0.15, 0.2) is 6.10 Å². The van der Waals surface area contributed by atoms with Gasteiger partial charge in [-0.15, -0.1) is 0 Å². The number of carbonyl (C=O) groups is 2. The Balaban J connectivity index is 3.86. The number of hydrogen-bond donors (Lipinski definition) is 1. The van der Waals surface area contributed by atoms with E-state index in [0.717, 1.165) is 64.9 Å². The van der Waals surface area contributed by atoms with Gasteiger partial charge in [0.25, 0.3) is 0 Å². The molecule has 0 aliphatic carbocycles. The molecule has 0 heterocycles. The van der Waals surface area contributed by atoms with Crippen molar-refractivity contribution >= 4 is 19.8 Å². The third-order valence-electron chi connectivity index (χ3n) is 10.1. The molecule has 0 aromatic heterocycles. The van der Waals surface area contributed by atoms with Gasteiger partial charge in [-0.3, -0.25) is 18.6 Å². The Hall–Kier alpha value is -1.73. The minimum atomic E-state index is -4.27. The summed E-state index contributed by atoms with van der Waals surface area (Å²) in [6.07, 6.45) is 50.8. The fourth-order valence-electron chi connectivity index (χ4n) is 6.62. The van der Waals surface area contributed by atoms with Gasteiger partial charge in [-0.05, 0) is 44.9 Å². The summed E-state index contributed by atoms with van der Waals surface area (Å²) in [4.78, 5) is 34.5. The van der Waals surface area contributed by atoms with Crippen molar-refractivity contribution in [2.45, 2.75) is 232 Å². The lowest BCUT2D eigenvalue weighted by Crippen LogP contribution is -2.29. The maximum atomic E-state index is 12.5.